The largest absolute Gasteiger partial charge is 0.345 e. The van der Waals surface area contributed by atoms with E-state index in [1.54, 1.807) is 0 Å². The van der Waals surface area contributed by atoms with Crippen molar-refractivity contribution in [2.75, 3.05) is 5.75 Å². The minimum atomic E-state index is 0.174. The van der Waals surface area contributed by atoms with Gasteiger partial charge in [-0.3, -0.25) is 4.79 Å². The summed E-state index contributed by atoms with van der Waals surface area (Å²) in [4.78, 5) is 12.6. The Hall–Kier alpha value is -1.56. The van der Waals surface area contributed by atoms with Crippen molar-refractivity contribution < 1.29 is 4.79 Å². The Balaban J connectivity index is 1.75. The molecular weight excluding hydrogens is 308 g/mol. The van der Waals surface area contributed by atoms with E-state index in [2.05, 4.69) is 34.7 Å². The normalized spacial score (nSPS) is 15.5. The van der Waals surface area contributed by atoms with Gasteiger partial charge in [-0.15, -0.1) is 10.2 Å². The number of hydrogen-bond acceptors (Lipinski definition) is 4. The number of aryl methyl sites for hydroxylation is 2. The zero-order chi connectivity index (χ0) is 16.6. The van der Waals surface area contributed by atoms with Gasteiger partial charge in [-0.1, -0.05) is 24.6 Å². The minimum absolute atomic E-state index is 0.174. The van der Waals surface area contributed by atoms with Crippen molar-refractivity contribution in [1.29, 1.82) is 0 Å². The van der Waals surface area contributed by atoms with Gasteiger partial charge in [-0.25, -0.2) is 0 Å². The molecule has 2 aromatic rings. The number of thioether (sulfide) groups is 1. The van der Waals surface area contributed by atoms with E-state index in [0.29, 0.717) is 11.8 Å². The van der Waals surface area contributed by atoms with Crippen molar-refractivity contribution in [2.24, 2.45) is 7.05 Å². The van der Waals surface area contributed by atoms with Crippen LogP contribution in [0, 0.1) is 20.8 Å². The third-order valence-electron chi connectivity index (χ3n) is 4.86. The molecule has 1 saturated carbocycles. The van der Waals surface area contributed by atoms with Gasteiger partial charge in [0.15, 0.2) is 10.9 Å². The number of hydrogen-bond donors (Lipinski definition) is 0. The van der Waals surface area contributed by atoms with Crippen LogP contribution in [-0.2, 0) is 7.05 Å². The third-order valence-corrected chi connectivity index (χ3v) is 5.88. The fourth-order valence-electron chi connectivity index (χ4n) is 3.50. The van der Waals surface area contributed by atoms with Crippen LogP contribution >= 0.6 is 11.8 Å². The van der Waals surface area contributed by atoms with Gasteiger partial charge in [0.05, 0.1) is 5.75 Å². The van der Waals surface area contributed by atoms with E-state index in [0.717, 1.165) is 22.2 Å². The summed E-state index contributed by atoms with van der Waals surface area (Å²) in [6, 6.07) is 2.63. The van der Waals surface area contributed by atoms with Gasteiger partial charge < -0.3 is 9.13 Å². The Kier molecular flexibility index (Phi) is 4.62. The van der Waals surface area contributed by atoms with Crippen molar-refractivity contribution in [3.05, 3.63) is 28.8 Å². The van der Waals surface area contributed by atoms with Gasteiger partial charge in [0.25, 0.3) is 0 Å². The molecule has 0 N–H and O–H groups in total. The van der Waals surface area contributed by atoms with Gasteiger partial charge in [0, 0.05) is 30.0 Å². The molecule has 23 heavy (non-hydrogen) atoms. The standard InChI is InChI=1S/C17H24N4OS/c1-11-9-15(12(2)21(11)14-7-5-6-8-14)16(22)10-23-17-19-18-13(3)20(17)4/h9,14H,5-8,10H2,1-4H3. The highest BCUT2D eigenvalue weighted by Crippen LogP contribution is 2.33. The lowest BCUT2D eigenvalue weighted by molar-refractivity contribution is 0.102. The van der Waals surface area contributed by atoms with Crippen LogP contribution < -0.4 is 0 Å². The average molecular weight is 332 g/mol. The second kappa shape index (κ2) is 6.51. The first-order valence-electron chi connectivity index (χ1n) is 8.19. The van der Waals surface area contributed by atoms with Crippen molar-refractivity contribution in [3.8, 4) is 0 Å². The molecular formula is C17H24N4OS. The molecule has 0 radical (unpaired) electrons. The summed E-state index contributed by atoms with van der Waals surface area (Å²) in [7, 11) is 1.92. The number of nitrogens with zero attached hydrogens (tertiary/aromatic N) is 4. The van der Waals surface area contributed by atoms with Crippen molar-refractivity contribution in [3.63, 3.8) is 0 Å². The van der Waals surface area contributed by atoms with Gasteiger partial charge in [-0.05, 0) is 39.7 Å². The monoisotopic (exact) mass is 332 g/mol. The zero-order valence-electron chi connectivity index (χ0n) is 14.3. The molecule has 0 aliphatic heterocycles. The van der Waals surface area contributed by atoms with Crippen molar-refractivity contribution in [2.45, 2.75) is 57.7 Å². The molecule has 1 aliphatic carbocycles. The summed E-state index contributed by atoms with van der Waals surface area (Å²) in [5.74, 6) is 1.44. The van der Waals surface area contributed by atoms with E-state index >= 15 is 0 Å². The maximum atomic E-state index is 12.6. The summed E-state index contributed by atoms with van der Waals surface area (Å²) in [6.45, 7) is 6.10. The van der Waals surface area contributed by atoms with Gasteiger partial charge >= 0.3 is 0 Å². The number of rotatable bonds is 5. The highest BCUT2D eigenvalue weighted by Gasteiger charge is 2.23. The molecule has 2 heterocycles. The minimum Gasteiger partial charge on any atom is -0.345 e. The fourth-order valence-corrected chi connectivity index (χ4v) is 4.35. The lowest BCUT2D eigenvalue weighted by Crippen LogP contribution is -2.10. The van der Waals surface area contributed by atoms with E-state index in [1.807, 2.05) is 18.5 Å². The predicted octanol–water partition coefficient (Wildman–Crippen LogP) is 3.63. The highest BCUT2D eigenvalue weighted by atomic mass is 32.2. The first-order chi connectivity index (χ1) is 11.0. The molecule has 5 nitrogen and oxygen atoms in total. The summed E-state index contributed by atoms with van der Waals surface area (Å²) < 4.78 is 4.29. The Morgan fingerprint density at radius 3 is 2.57 bits per heavy atom. The topological polar surface area (TPSA) is 52.7 Å². The molecule has 124 valence electrons. The third kappa shape index (κ3) is 3.09. The number of ketones is 1. The van der Waals surface area contributed by atoms with Gasteiger partial charge in [-0.2, -0.15) is 0 Å². The molecule has 0 unspecified atom stereocenters. The van der Waals surface area contributed by atoms with Crippen molar-refractivity contribution >= 4 is 17.5 Å². The van der Waals surface area contributed by atoms with Crippen LogP contribution in [0.3, 0.4) is 0 Å². The summed E-state index contributed by atoms with van der Waals surface area (Å²) >= 11 is 1.46. The Morgan fingerprint density at radius 1 is 1.26 bits per heavy atom. The van der Waals surface area contributed by atoms with E-state index in [9.17, 15) is 4.79 Å². The smallest absolute Gasteiger partial charge is 0.191 e. The second-order valence-corrected chi connectivity index (χ2v) is 7.34. The molecule has 6 heteroatoms. The predicted molar refractivity (Wildman–Crippen MR) is 92.2 cm³/mol. The molecule has 0 saturated heterocycles. The van der Waals surface area contributed by atoms with Gasteiger partial charge in [0.1, 0.15) is 5.82 Å². The quantitative estimate of drug-likeness (QED) is 0.620. The lowest BCUT2D eigenvalue weighted by atomic mass is 10.2. The molecule has 0 amide bonds. The number of carbonyl (C=O) groups is 1. The maximum absolute atomic E-state index is 12.6. The summed E-state index contributed by atoms with van der Waals surface area (Å²) in [5.41, 5.74) is 3.19. The average Bonchev–Trinajstić information content (AvgIpc) is 3.21. The summed E-state index contributed by atoms with van der Waals surface area (Å²) in [6.07, 6.45) is 5.06. The molecule has 1 aliphatic rings. The molecule has 0 atom stereocenters. The van der Waals surface area contributed by atoms with Gasteiger partial charge in [0.2, 0.25) is 0 Å². The number of Topliss-reactive ketones (excluding diaryl/α,β-unsaturated/α-hetero) is 1. The molecule has 0 spiro atoms. The van der Waals surface area contributed by atoms with Crippen LogP contribution in [0.2, 0.25) is 0 Å². The van der Waals surface area contributed by atoms with Crippen LogP contribution in [0.25, 0.3) is 0 Å². The van der Waals surface area contributed by atoms with Crippen LogP contribution in [0.15, 0.2) is 11.2 Å². The Morgan fingerprint density at radius 2 is 1.96 bits per heavy atom. The molecule has 0 aromatic carbocycles. The highest BCUT2D eigenvalue weighted by molar-refractivity contribution is 7.99. The molecule has 1 fully saturated rings. The first-order valence-corrected chi connectivity index (χ1v) is 9.18. The Bertz CT molecular complexity index is 725. The second-order valence-electron chi connectivity index (χ2n) is 6.39. The van der Waals surface area contributed by atoms with Crippen LogP contribution in [0.4, 0.5) is 0 Å². The molecule has 0 bridgehead atoms. The summed E-state index contributed by atoms with van der Waals surface area (Å²) in [5, 5.41) is 8.93. The molecule has 2 aromatic heterocycles. The SMILES string of the molecule is Cc1nnc(SCC(=O)c2cc(C)n(C3CCCC3)c2C)n1C. The Labute approximate surface area is 141 Å². The van der Waals surface area contributed by atoms with E-state index < -0.39 is 0 Å². The first kappa shape index (κ1) is 16.3. The van der Waals surface area contributed by atoms with E-state index in [-0.39, 0.29) is 5.78 Å². The van der Waals surface area contributed by atoms with E-state index in [4.69, 9.17) is 0 Å². The van der Waals surface area contributed by atoms with Crippen LogP contribution in [0.5, 0.6) is 0 Å². The van der Waals surface area contributed by atoms with Crippen molar-refractivity contribution in [1.82, 2.24) is 19.3 Å². The van der Waals surface area contributed by atoms with Crippen LogP contribution in [-0.4, -0.2) is 30.9 Å². The zero-order valence-corrected chi connectivity index (χ0v) is 15.1. The lowest BCUT2D eigenvalue weighted by Gasteiger charge is -2.17. The molecule has 3 rings (SSSR count). The van der Waals surface area contributed by atoms with E-state index in [1.165, 1.54) is 43.1 Å². The number of carbonyl (C=O) groups excluding carboxylic acids is 1. The maximum Gasteiger partial charge on any atom is 0.191 e. The van der Waals surface area contributed by atoms with Crippen LogP contribution in [0.1, 0.15) is 59.3 Å². The number of aromatic nitrogens is 4. The fraction of sp³-hybridized carbons (Fsp3) is 0.588.